The van der Waals surface area contributed by atoms with Crippen molar-refractivity contribution >= 4 is 15.9 Å². The summed E-state index contributed by atoms with van der Waals surface area (Å²) < 4.78 is 26.8. The lowest BCUT2D eigenvalue weighted by atomic mass is 10.1. The van der Waals surface area contributed by atoms with Crippen LogP contribution in [0, 0.1) is 0 Å². The van der Waals surface area contributed by atoms with Gasteiger partial charge in [-0.1, -0.05) is 30.3 Å². The molecule has 0 fully saturated rings. The molecule has 0 aliphatic carbocycles. The number of carbonyl (C=O) groups is 1. The Morgan fingerprint density at radius 1 is 1.00 bits per heavy atom. The van der Waals surface area contributed by atoms with E-state index in [1.54, 1.807) is 13.8 Å². The second kappa shape index (κ2) is 9.12. The van der Waals surface area contributed by atoms with Crippen molar-refractivity contribution in [2.45, 2.75) is 30.8 Å². The normalized spacial score (nSPS) is 13.0. The quantitative estimate of drug-likeness (QED) is 0.727. The van der Waals surface area contributed by atoms with E-state index in [4.69, 9.17) is 0 Å². The summed E-state index contributed by atoms with van der Waals surface area (Å²) in [6, 6.07) is 15.7. The average molecular weight is 390 g/mol. The zero-order valence-electron chi connectivity index (χ0n) is 16.1. The van der Waals surface area contributed by atoms with Gasteiger partial charge < -0.3 is 10.2 Å². The van der Waals surface area contributed by atoms with Crippen LogP contribution in [-0.4, -0.2) is 45.9 Å². The smallest absolute Gasteiger partial charge is 0.251 e. The average Bonchev–Trinajstić information content (AvgIpc) is 2.61. The van der Waals surface area contributed by atoms with E-state index in [0.717, 1.165) is 5.56 Å². The molecule has 0 saturated carbocycles. The Hall–Kier alpha value is -2.22. The van der Waals surface area contributed by atoms with Crippen LogP contribution in [0.4, 0.5) is 0 Å². The molecule has 0 aliphatic heterocycles. The first-order valence-corrected chi connectivity index (χ1v) is 10.3. The lowest BCUT2D eigenvalue weighted by Crippen LogP contribution is -2.34. The van der Waals surface area contributed by atoms with Gasteiger partial charge in [0, 0.05) is 18.2 Å². The van der Waals surface area contributed by atoms with Crippen LogP contribution in [0.3, 0.4) is 0 Å². The number of likely N-dealkylation sites (N-methyl/N-ethyl adjacent to an activating group) is 1. The van der Waals surface area contributed by atoms with Gasteiger partial charge in [-0.3, -0.25) is 4.79 Å². The van der Waals surface area contributed by atoms with E-state index in [0.29, 0.717) is 12.1 Å². The molecule has 1 atom stereocenters. The molecule has 146 valence electrons. The van der Waals surface area contributed by atoms with Gasteiger partial charge in [0.2, 0.25) is 10.0 Å². The van der Waals surface area contributed by atoms with E-state index < -0.39 is 10.0 Å². The molecule has 7 heteroatoms. The summed E-state index contributed by atoms with van der Waals surface area (Å²) in [4.78, 5) is 14.6. The maximum Gasteiger partial charge on any atom is 0.251 e. The molecule has 2 aromatic carbocycles. The Kier molecular flexibility index (Phi) is 7.12. The summed E-state index contributed by atoms with van der Waals surface area (Å²) in [5.74, 6) is -0.237. The third-order valence-electron chi connectivity index (χ3n) is 4.08. The molecule has 0 heterocycles. The molecule has 0 aliphatic rings. The SMILES string of the molecule is CC(C)NS(=O)(=O)c1ccc(C(=O)NCC(c2ccccc2)N(C)C)cc1. The number of nitrogens with zero attached hydrogens (tertiary/aromatic N) is 1. The Morgan fingerprint density at radius 2 is 1.59 bits per heavy atom. The number of sulfonamides is 1. The maximum absolute atomic E-state index is 12.4. The van der Waals surface area contributed by atoms with Crippen LogP contribution in [0.1, 0.15) is 35.8 Å². The van der Waals surface area contributed by atoms with Crippen LogP contribution in [0.5, 0.6) is 0 Å². The molecule has 2 aromatic rings. The largest absolute Gasteiger partial charge is 0.350 e. The van der Waals surface area contributed by atoms with Gasteiger partial charge in [0.05, 0.1) is 10.9 Å². The fourth-order valence-electron chi connectivity index (χ4n) is 2.73. The Morgan fingerprint density at radius 3 is 2.11 bits per heavy atom. The molecular formula is C20H27N3O3S. The van der Waals surface area contributed by atoms with Gasteiger partial charge in [0.15, 0.2) is 0 Å². The van der Waals surface area contributed by atoms with E-state index >= 15 is 0 Å². The molecule has 0 spiro atoms. The third-order valence-corrected chi connectivity index (χ3v) is 5.76. The zero-order chi connectivity index (χ0) is 20.0. The van der Waals surface area contributed by atoms with Crippen LogP contribution < -0.4 is 10.0 Å². The number of benzene rings is 2. The Balaban J connectivity index is 2.05. The topological polar surface area (TPSA) is 78.5 Å². The van der Waals surface area contributed by atoms with Gasteiger partial charge in [-0.25, -0.2) is 13.1 Å². The van der Waals surface area contributed by atoms with Crippen LogP contribution >= 0.6 is 0 Å². The minimum atomic E-state index is -3.56. The fraction of sp³-hybridized carbons (Fsp3) is 0.350. The summed E-state index contributed by atoms with van der Waals surface area (Å²) in [6.07, 6.45) is 0. The van der Waals surface area contributed by atoms with Gasteiger partial charge in [-0.05, 0) is 57.8 Å². The standard InChI is InChI=1S/C20H27N3O3S/c1-15(2)22-27(25,26)18-12-10-17(11-13-18)20(24)21-14-19(23(3)4)16-8-6-5-7-9-16/h5-13,15,19,22H,14H2,1-4H3,(H,21,24). The first kappa shape index (κ1) is 21.1. The van der Waals surface area contributed by atoms with Crippen molar-refractivity contribution in [3.05, 3.63) is 65.7 Å². The third kappa shape index (κ3) is 5.89. The van der Waals surface area contributed by atoms with Crippen molar-refractivity contribution in [2.75, 3.05) is 20.6 Å². The molecule has 2 N–H and O–H groups in total. The highest BCUT2D eigenvalue weighted by atomic mass is 32.2. The molecule has 6 nitrogen and oxygen atoms in total. The van der Waals surface area contributed by atoms with Crippen molar-refractivity contribution in [1.82, 2.24) is 14.9 Å². The highest BCUT2D eigenvalue weighted by Crippen LogP contribution is 2.17. The summed E-state index contributed by atoms with van der Waals surface area (Å²) in [5, 5.41) is 2.92. The van der Waals surface area contributed by atoms with Crippen LogP contribution in [0.2, 0.25) is 0 Å². The minimum absolute atomic E-state index is 0.0463. The van der Waals surface area contributed by atoms with Crippen molar-refractivity contribution in [2.24, 2.45) is 0 Å². The first-order chi connectivity index (χ1) is 12.7. The van der Waals surface area contributed by atoms with Crippen molar-refractivity contribution in [1.29, 1.82) is 0 Å². The van der Waals surface area contributed by atoms with E-state index in [-0.39, 0.29) is 22.9 Å². The predicted octanol–water partition coefficient (Wildman–Crippen LogP) is 2.41. The molecular weight excluding hydrogens is 362 g/mol. The van der Waals surface area contributed by atoms with Crippen LogP contribution in [0.15, 0.2) is 59.5 Å². The lowest BCUT2D eigenvalue weighted by molar-refractivity contribution is 0.0942. The Bertz CT molecular complexity index is 848. The van der Waals surface area contributed by atoms with E-state index in [2.05, 4.69) is 10.0 Å². The van der Waals surface area contributed by atoms with Gasteiger partial charge in [0.1, 0.15) is 0 Å². The fourth-order valence-corrected chi connectivity index (χ4v) is 3.98. The number of amides is 1. The minimum Gasteiger partial charge on any atom is -0.350 e. The van der Waals surface area contributed by atoms with Gasteiger partial charge >= 0.3 is 0 Å². The highest BCUT2D eigenvalue weighted by Gasteiger charge is 2.18. The number of hydrogen-bond donors (Lipinski definition) is 2. The molecule has 27 heavy (non-hydrogen) atoms. The Labute approximate surface area is 161 Å². The number of hydrogen-bond acceptors (Lipinski definition) is 4. The molecule has 0 radical (unpaired) electrons. The van der Waals surface area contributed by atoms with Gasteiger partial charge in [-0.2, -0.15) is 0 Å². The highest BCUT2D eigenvalue weighted by molar-refractivity contribution is 7.89. The predicted molar refractivity (Wildman–Crippen MR) is 107 cm³/mol. The van der Waals surface area contributed by atoms with Gasteiger partial charge in [-0.15, -0.1) is 0 Å². The molecule has 0 saturated heterocycles. The lowest BCUT2D eigenvalue weighted by Gasteiger charge is -2.25. The molecule has 0 aromatic heterocycles. The number of carbonyl (C=O) groups excluding carboxylic acids is 1. The van der Waals surface area contributed by atoms with Crippen molar-refractivity contribution in [3.8, 4) is 0 Å². The number of rotatable bonds is 8. The van der Waals surface area contributed by atoms with Crippen molar-refractivity contribution < 1.29 is 13.2 Å². The zero-order valence-corrected chi connectivity index (χ0v) is 17.0. The molecule has 2 rings (SSSR count). The summed E-state index contributed by atoms with van der Waals surface area (Å²) in [7, 11) is 0.364. The number of nitrogens with one attached hydrogen (secondary N) is 2. The van der Waals surface area contributed by atoms with Crippen LogP contribution in [-0.2, 0) is 10.0 Å². The molecule has 1 unspecified atom stereocenters. The summed E-state index contributed by atoms with van der Waals surface area (Å²) >= 11 is 0. The second-order valence-electron chi connectivity index (χ2n) is 6.90. The first-order valence-electron chi connectivity index (χ1n) is 8.82. The van der Waals surface area contributed by atoms with Gasteiger partial charge in [0.25, 0.3) is 5.91 Å². The monoisotopic (exact) mass is 389 g/mol. The van der Waals surface area contributed by atoms with Crippen molar-refractivity contribution in [3.63, 3.8) is 0 Å². The van der Waals surface area contributed by atoms with E-state index in [1.165, 1.54) is 24.3 Å². The van der Waals surface area contributed by atoms with E-state index in [1.807, 2.05) is 49.3 Å². The van der Waals surface area contributed by atoms with E-state index in [9.17, 15) is 13.2 Å². The molecule has 1 amide bonds. The molecule has 0 bridgehead atoms. The second-order valence-corrected chi connectivity index (χ2v) is 8.61. The van der Waals surface area contributed by atoms with Crippen LogP contribution in [0.25, 0.3) is 0 Å². The maximum atomic E-state index is 12.4. The summed E-state index contributed by atoms with van der Waals surface area (Å²) in [5.41, 5.74) is 1.54. The summed E-state index contributed by atoms with van der Waals surface area (Å²) in [6.45, 7) is 3.96.